The SMILES string of the molecule is CC(=O)c1cc(Cl)cc(CNC([NH3+])=S)c1O.O=[N+]([O-])c1cc([N+](=O)[O-])c([O-])c([N+](=O)[O-])c1. The summed E-state index contributed by atoms with van der Waals surface area (Å²) in [6, 6.07) is 3.78. The fourth-order valence-corrected chi connectivity index (χ4v) is 2.53. The van der Waals surface area contributed by atoms with E-state index in [9.17, 15) is 45.4 Å². The molecular weight excluding hydrogens is 474 g/mol. The summed E-state index contributed by atoms with van der Waals surface area (Å²) in [5, 5.41) is 55.5. The smallest absolute Gasteiger partial charge is 0.283 e. The lowest BCUT2D eigenvalue weighted by molar-refractivity contribution is -0.420. The minimum Gasteiger partial charge on any atom is -0.863 e. The quantitative estimate of drug-likeness (QED) is 0.227. The Labute approximate surface area is 188 Å². The van der Waals surface area contributed by atoms with Crippen molar-refractivity contribution in [2.24, 2.45) is 0 Å². The molecule has 0 saturated carbocycles. The third-order valence-electron chi connectivity index (χ3n) is 3.65. The number of carbonyl (C=O) groups excluding carboxylic acids is 1. The molecule has 16 heteroatoms. The van der Waals surface area contributed by atoms with Crippen molar-refractivity contribution in [2.45, 2.75) is 13.5 Å². The first kappa shape index (κ1) is 26.1. The molecule has 0 aromatic heterocycles. The van der Waals surface area contributed by atoms with Crippen molar-refractivity contribution in [1.29, 1.82) is 0 Å². The largest absolute Gasteiger partial charge is 0.863 e. The Hall–Kier alpha value is -3.95. The maximum atomic E-state index is 11.2. The van der Waals surface area contributed by atoms with Gasteiger partial charge in [0.1, 0.15) is 5.75 Å². The Morgan fingerprint density at radius 3 is 1.97 bits per heavy atom. The number of quaternary nitrogens is 1. The van der Waals surface area contributed by atoms with E-state index in [-0.39, 0.29) is 23.6 Å². The second kappa shape index (κ2) is 10.9. The van der Waals surface area contributed by atoms with Crippen LogP contribution in [0, 0.1) is 30.3 Å². The molecule has 170 valence electrons. The lowest BCUT2D eigenvalue weighted by atomic mass is 10.1. The standard InChI is InChI=1S/C10H11ClN2O2S.C6H3N3O7/c1-5(14)8-3-7(11)2-6(9(8)15)4-13-10(12)16;10-6-4(8(13)14)1-3(7(11)12)2-5(6)9(15)16/h2-3,15H,4H2,1H3,(H3,12,13,16);1-2,10H. The van der Waals surface area contributed by atoms with Gasteiger partial charge >= 0.3 is 0 Å². The monoisotopic (exact) mass is 487 g/mol. The number of Topliss-reactive ketones (excluding diaryl/α,β-unsaturated/α-hetero) is 1. The average Bonchev–Trinajstić information content (AvgIpc) is 2.68. The van der Waals surface area contributed by atoms with Gasteiger partial charge in [-0.05, 0) is 19.1 Å². The maximum Gasteiger partial charge on any atom is 0.283 e. The van der Waals surface area contributed by atoms with Crippen molar-refractivity contribution in [2.75, 3.05) is 0 Å². The number of nitrogens with zero attached hydrogens (tertiary/aromatic N) is 3. The molecule has 0 atom stereocenters. The molecule has 14 nitrogen and oxygen atoms in total. The van der Waals surface area contributed by atoms with Crippen LogP contribution in [0.4, 0.5) is 17.1 Å². The Kier molecular flexibility index (Phi) is 8.88. The van der Waals surface area contributed by atoms with Gasteiger partial charge in [-0.3, -0.25) is 35.1 Å². The van der Waals surface area contributed by atoms with Gasteiger partial charge in [-0.2, -0.15) is 0 Å². The minimum atomic E-state index is -1.46. The van der Waals surface area contributed by atoms with Gasteiger partial charge in [-0.15, -0.1) is 0 Å². The predicted octanol–water partition coefficient (Wildman–Crippen LogP) is 1.35. The zero-order valence-electron chi connectivity index (χ0n) is 16.1. The zero-order valence-corrected chi connectivity index (χ0v) is 17.6. The number of phenols is 1. The number of hydrogen-bond donors (Lipinski definition) is 3. The van der Waals surface area contributed by atoms with Crippen LogP contribution in [0.25, 0.3) is 0 Å². The number of benzene rings is 2. The van der Waals surface area contributed by atoms with E-state index in [0.717, 1.165) is 0 Å². The first-order valence-corrected chi connectivity index (χ1v) is 8.95. The van der Waals surface area contributed by atoms with Crippen LogP contribution < -0.4 is 16.2 Å². The van der Waals surface area contributed by atoms with Crippen LogP contribution in [0.15, 0.2) is 24.3 Å². The topological polar surface area (TPSA) is 229 Å². The molecule has 0 heterocycles. The Morgan fingerprint density at radius 1 is 1.09 bits per heavy atom. The summed E-state index contributed by atoms with van der Waals surface area (Å²) < 4.78 is 0. The second-order valence-electron chi connectivity index (χ2n) is 5.88. The first-order chi connectivity index (χ1) is 14.8. The second-order valence-corrected chi connectivity index (χ2v) is 6.81. The van der Waals surface area contributed by atoms with Gasteiger partial charge in [0.25, 0.3) is 22.2 Å². The van der Waals surface area contributed by atoms with Crippen LogP contribution in [0.1, 0.15) is 22.8 Å². The van der Waals surface area contributed by atoms with E-state index in [1.54, 1.807) is 6.07 Å². The lowest BCUT2D eigenvalue weighted by Crippen LogP contribution is -2.62. The summed E-state index contributed by atoms with van der Waals surface area (Å²) >= 11 is 10.6. The highest BCUT2D eigenvalue weighted by atomic mass is 35.5. The van der Waals surface area contributed by atoms with Crippen LogP contribution >= 0.6 is 23.8 Å². The van der Waals surface area contributed by atoms with Crippen molar-refractivity contribution < 1.29 is 35.5 Å². The number of nitro groups is 3. The summed E-state index contributed by atoms with van der Waals surface area (Å²) in [4.78, 5) is 38.7. The summed E-state index contributed by atoms with van der Waals surface area (Å²) in [7, 11) is 0. The molecule has 0 radical (unpaired) electrons. The normalized spacial score (nSPS) is 9.84. The highest BCUT2D eigenvalue weighted by molar-refractivity contribution is 7.79. The van der Waals surface area contributed by atoms with Gasteiger partial charge in [0, 0.05) is 29.3 Å². The lowest BCUT2D eigenvalue weighted by Gasteiger charge is -2.09. The molecule has 2 aromatic carbocycles. The van der Waals surface area contributed by atoms with Crippen molar-refractivity contribution in [1.82, 2.24) is 5.32 Å². The Bertz CT molecular complexity index is 1090. The zero-order chi connectivity index (χ0) is 24.7. The molecule has 0 bridgehead atoms. The molecule has 0 aliphatic carbocycles. The number of aromatic hydroxyl groups is 1. The van der Waals surface area contributed by atoms with Crippen molar-refractivity contribution >= 4 is 51.8 Å². The van der Waals surface area contributed by atoms with Crippen LogP contribution in [-0.4, -0.2) is 30.8 Å². The fraction of sp³-hybridized carbons (Fsp3) is 0.125. The third-order valence-corrected chi connectivity index (χ3v) is 4.01. The molecule has 5 N–H and O–H groups in total. The maximum absolute atomic E-state index is 11.2. The highest BCUT2D eigenvalue weighted by Gasteiger charge is 2.24. The predicted molar refractivity (Wildman–Crippen MR) is 111 cm³/mol. The third kappa shape index (κ3) is 6.79. The molecule has 0 aliphatic heterocycles. The molecule has 0 unspecified atom stereocenters. The molecule has 2 rings (SSSR count). The number of nitro benzene ring substituents is 3. The van der Waals surface area contributed by atoms with E-state index < -0.39 is 37.6 Å². The van der Waals surface area contributed by atoms with Crippen molar-refractivity contribution in [3.63, 3.8) is 0 Å². The number of carbonyl (C=O) groups is 1. The summed E-state index contributed by atoms with van der Waals surface area (Å²) in [6.07, 6.45) is 0. The molecule has 2 aromatic rings. The first-order valence-electron chi connectivity index (χ1n) is 8.16. The molecule has 0 spiro atoms. The van der Waals surface area contributed by atoms with Crippen LogP contribution in [-0.2, 0) is 6.54 Å². The van der Waals surface area contributed by atoms with Crippen LogP contribution in [0.3, 0.4) is 0 Å². The molecular formula is C16H14ClN5O9S. The van der Waals surface area contributed by atoms with Gasteiger partial charge in [0.15, 0.2) is 5.78 Å². The van der Waals surface area contributed by atoms with E-state index in [4.69, 9.17) is 23.8 Å². The van der Waals surface area contributed by atoms with E-state index in [1.165, 1.54) is 13.0 Å². The van der Waals surface area contributed by atoms with Crippen LogP contribution in [0.5, 0.6) is 11.5 Å². The molecule has 0 amide bonds. The van der Waals surface area contributed by atoms with E-state index >= 15 is 0 Å². The molecule has 0 fully saturated rings. The number of non-ortho nitro benzene ring substituents is 1. The van der Waals surface area contributed by atoms with Gasteiger partial charge in [0.05, 0.1) is 38.2 Å². The number of hydrogen-bond acceptors (Lipinski definition) is 10. The Balaban J connectivity index is 0.000000320. The Morgan fingerprint density at radius 2 is 1.59 bits per heavy atom. The summed E-state index contributed by atoms with van der Waals surface area (Å²) in [5.74, 6) is -1.76. The number of ketones is 1. The fourth-order valence-electron chi connectivity index (χ4n) is 2.21. The van der Waals surface area contributed by atoms with Crippen molar-refractivity contribution in [3.05, 3.63) is 70.8 Å². The number of nitrogens with one attached hydrogen (secondary N) is 1. The van der Waals surface area contributed by atoms with Crippen molar-refractivity contribution in [3.8, 4) is 11.5 Å². The molecule has 0 saturated heterocycles. The van der Waals surface area contributed by atoms with Crippen LogP contribution in [0.2, 0.25) is 5.02 Å². The summed E-state index contributed by atoms with van der Waals surface area (Å²) in [5.41, 5.74) is 0.963. The molecule has 0 aliphatic rings. The van der Waals surface area contributed by atoms with Gasteiger partial charge in [-0.1, -0.05) is 11.6 Å². The van der Waals surface area contributed by atoms with Gasteiger partial charge in [0.2, 0.25) is 0 Å². The van der Waals surface area contributed by atoms with E-state index in [0.29, 0.717) is 27.8 Å². The minimum absolute atomic E-state index is 0.0688. The van der Waals surface area contributed by atoms with Gasteiger partial charge < -0.3 is 21.3 Å². The number of rotatable bonds is 6. The number of thiocarbonyl (C=S) groups is 1. The summed E-state index contributed by atoms with van der Waals surface area (Å²) in [6.45, 7) is 1.66. The average molecular weight is 488 g/mol. The number of phenolic OH excluding ortho intramolecular Hbond substituents is 1. The van der Waals surface area contributed by atoms with E-state index in [1.807, 2.05) is 0 Å². The number of halogens is 1. The van der Waals surface area contributed by atoms with E-state index in [2.05, 4.69) is 11.1 Å². The van der Waals surface area contributed by atoms with Gasteiger partial charge in [-0.25, -0.2) is 0 Å². The highest BCUT2D eigenvalue weighted by Crippen LogP contribution is 2.36. The molecule has 32 heavy (non-hydrogen) atoms.